The van der Waals surface area contributed by atoms with Crippen molar-refractivity contribution in [1.29, 1.82) is 0 Å². The highest BCUT2D eigenvalue weighted by atomic mass is 14.6. The maximum Gasteiger partial charge on any atom is 0.0266 e. The molecule has 0 bridgehead atoms. The van der Waals surface area contributed by atoms with Gasteiger partial charge in [0.15, 0.2) is 0 Å². The second-order valence-electron chi connectivity index (χ2n) is 6.00. The van der Waals surface area contributed by atoms with E-state index < -0.39 is 0 Å². The summed E-state index contributed by atoms with van der Waals surface area (Å²) >= 11 is 0. The predicted octanol–water partition coefficient (Wildman–Crippen LogP) is 4.63. The Balaban J connectivity index is 2.11. The van der Waals surface area contributed by atoms with Crippen LogP contribution < -0.4 is 0 Å². The maximum atomic E-state index is 2.42. The van der Waals surface area contributed by atoms with Gasteiger partial charge in [-0.25, -0.2) is 0 Å². The highest BCUT2D eigenvalue weighted by Gasteiger charge is 2.56. The van der Waals surface area contributed by atoms with Gasteiger partial charge in [-0.1, -0.05) is 62.4 Å². The first-order chi connectivity index (χ1) is 8.76. The van der Waals surface area contributed by atoms with Crippen molar-refractivity contribution in [3.8, 4) is 11.1 Å². The Morgan fingerprint density at radius 1 is 0.778 bits per heavy atom. The average Bonchev–Trinajstić information content (AvgIpc) is 2.72. The lowest BCUT2D eigenvalue weighted by Crippen LogP contribution is -2.49. The maximum absolute atomic E-state index is 2.42. The van der Waals surface area contributed by atoms with Gasteiger partial charge in [0.2, 0.25) is 0 Å². The topological polar surface area (TPSA) is 0 Å². The second kappa shape index (κ2) is 3.26. The van der Waals surface area contributed by atoms with Crippen molar-refractivity contribution in [2.24, 2.45) is 11.8 Å². The third-order valence-electron chi connectivity index (χ3n) is 5.30. The molecule has 0 saturated heterocycles. The van der Waals surface area contributed by atoms with Crippen LogP contribution in [0.25, 0.3) is 11.1 Å². The summed E-state index contributed by atoms with van der Waals surface area (Å²) < 4.78 is 0. The molecule has 0 heteroatoms. The van der Waals surface area contributed by atoms with E-state index >= 15 is 0 Å². The largest absolute Gasteiger partial charge is 0.0619 e. The van der Waals surface area contributed by atoms with Crippen LogP contribution in [0.5, 0.6) is 0 Å². The lowest BCUT2D eigenvalue weighted by molar-refractivity contribution is 0.0948. The molecule has 1 spiro atoms. The standard InChI is InChI=1S/C18H18/c1-12-11-13(2)18(12)16-9-5-3-7-14(16)15-8-4-6-10-17(15)18/h3-10,12-13H,11H2,1-2H3. The second-order valence-corrected chi connectivity index (χ2v) is 6.00. The highest BCUT2D eigenvalue weighted by Crippen LogP contribution is 2.64. The number of hydrogen-bond acceptors (Lipinski definition) is 0. The van der Waals surface area contributed by atoms with E-state index in [4.69, 9.17) is 0 Å². The zero-order chi connectivity index (χ0) is 12.3. The van der Waals surface area contributed by atoms with Crippen LogP contribution in [0.15, 0.2) is 48.5 Å². The lowest BCUT2D eigenvalue weighted by Gasteiger charge is -2.53. The van der Waals surface area contributed by atoms with Gasteiger partial charge in [0.05, 0.1) is 0 Å². The number of hydrogen-bond donors (Lipinski definition) is 0. The van der Waals surface area contributed by atoms with Crippen LogP contribution in [0.4, 0.5) is 0 Å². The molecular formula is C18H18. The summed E-state index contributed by atoms with van der Waals surface area (Å²) in [5, 5.41) is 0. The highest BCUT2D eigenvalue weighted by molar-refractivity contribution is 5.82. The summed E-state index contributed by atoms with van der Waals surface area (Å²) in [4.78, 5) is 0. The number of benzene rings is 2. The van der Waals surface area contributed by atoms with E-state index in [1.807, 2.05) is 0 Å². The van der Waals surface area contributed by atoms with Crippen LogP contribution in [0.2, 0.25) is 0 Å². The van der Waals surface area contributed by atoms with E-state index in [0.717, 1.165) is 11.8 Å². The fourth-order valence-corrected chi connectivity index (χ4v) is 4.59. The van der Waals surface area contributed by atoms with E-state index in [0.29, 0.717) is 5.41 Å². The molecule has 0 heterocycles. The molecule has 0 amide bonds. The van der Waals surface area contributed by atoms with E-state index in [2.05, 4.69) is 62.4 Å². The van der Waals surface area contributed by atoms with E-state index in [1.165, 1.54) is 17.5 Å². The minimum absolute atomic E-state index is 0.299. The summed E-state index contributed by atoms with van der Waals surface area (Å²) in [5.41, 5.74) is 6.36. The van der Waals surface area contributed by atoms with Crippen LogP contribution in [0, 0.1) is 11.8 Å². The molecule has 2 aliphatic carbocycles. The minimum atomic E-state index is 0.299. The van der Waals surface area contributed by atoms with Gasteiger partial charge in [-0.2, -0.15) is 0 Å². The van der Waals surface area contributed by atoms with Crippen molar-refractivity contribution in [2.45, 2.75) is 25.7 Å². The fourth-order valence-electron chi connectivity index (χ4n) is 4.59. The average molecular weight is 234 g/mol. The zero-order valence-corrected chi connectivity index (χ0v) is 11.0. The SMILES string of the molecule is CC1CC(C)C12c1ccccc1-c1ccccc12. The van der Waals surface area contributed by atoms with Crippen molar-refractivity contribution in [3.63, 3.8) is 0 Å². The Bertz CT molecular complexity index is 568. The quantitative estimate of drug-likeness (QED) is 0.623. The molecule has 2 unspecified atom stereocenters. The van der Waals surface area contributed by atoms with Gasteiger partial charge in [-0.15, -0.1) is 0 Å². The molecule has 2 aliphatic rings. The summed E-state index contributed by atoms with van der Waals surface area (Å²) in [6.45, 7) is 4.83. The van der Waals surface area contributed by atoms with Crippen molar-refractivity contribution in [1.82, 2.24) is 0 Å². The van der Waals surface area contributed by atoms with Crippen molar-refractivity contribution in [3.05, 3.63) is 59.7 Å². The summed E-state index contributed by atoms with van der Waals surface area (Å²) in [6, 6.07) is 18.0. The molecule has 2 aromatic carbocycles. The third-order valence-corrected chi connectivity index (χ3v) is 5.30. The minimum Gasteiger partial charge on any atom is -0.0619 e. The molecule has 4 rings (SSSR count). The molecule has 0 aliphatic heterocycles. The van der Waals surface area contributed by atoms with Gasteiger partial charge in [0.1, 0.15) is 0 Å². The lowest BCUT2D eigenvalue weighted by atomic mass is 9.50. The van der Waals surface area contributed by atoms with Crippen molar-refractivity contribution < 1.29 is 0 Å². The van der Waals surface area contributed by atoms with Crippen LogP contribution in [0.1, 0.15) is 31.4 Å². The molecule has 0 radical (unpaired) electrons. The molecule has 90 valence electrons. The first kappa shape index (κ1) is 10.4. The molecular weight excluding hydrogens is 216 g/mol. The number of fused-ring (bicyclic) bond motifs is 5. The molecule has 0 aromatic heterocycles. The van der Waals surface area contributed by atoms with E-state index in [1.54, 1.807) is 11.1 Å². The van der Waals surface area contributed by atoms with Crippen molar-refractivity contribution >= 4 is 0 Å². The normalized spacial score (nSPS) is 26.6. The molecule has 2 aromatic rings. The molecule has 0 N–H and O–H groups in total. The van der Waals surface area contributed by atoms with Crippen LogP contribution in [-0.2, 0) is 5.41 Å². The first-order valence-electron chi connectivity index (χ1n) is 6.95. The molecule has 1 saturated carbocycles. The Labute approximate surface area is 109 Å². The smallest absolute Gasteiger partial charge is 0.0266 e. The predicted molar refractivity (Wildman–Crippen MR) is 75.6 cm³/mol. The third kappa shape index (κ3) is 0.949. The Kier molecular flexibility index (Phi) is 1.88. The van der Waals surface area contributed by atoms with Crippen LogP contribution >= 0.6 is 0 Å². The molecule has 18 heavy (non-hydrogen) atoms. The Morgan fingerprint density at radius 3 is 1.67 bits per heavy atom. The van der Waals surface area contributed by atoms with E-state index in [9.17, 15) is 0 Å². The Hall–Kier alpha value is -1.56. The molecule has 0 nitrogen and oxygen atoms in total. The van der Waals surface area contributed by atoms with Gasteiger partial charge < -0.3 is 0 Å². The number of rotatable bonds is 0. The fraction of sp³-hybridized carbons (Fsp3) is 0.333. The Morgan fingerprint density at radius 2 is 1.22 bits per heavy atom. The summed E-state index contributed by atoms with van der Waals surface area (Å²) in [5.74, 6) is 1.52. The van der Waals surface area contributed by atoms with Crippen LogP contribution in [-0.4, -0.2) is 0 Å². The van der Waals surface area contributed by atoms with Crippen molar-refractivity contribution in [2.75, 3.05) is 0 Å². The van der Waals surface area contributed by atoms with Gasteiger partial charge in [0.25, 0.3) is 0 Å². The summed E-state index contributed by atoms with van der Waals surface area (Å²) in [7, 11) is 0. The van der Waals surface area contributed by atoms with Gasteiger partial charge in [0, 0.05) is 5.41 Å². The summed E-state index contributed by atoms with van der Waals surface area (Å²) in [6.07, 6.45) is 1.35. The van der Waals surface area contributed by atoms with E-state index in [-0.39, 0.29) is 0 Å². The van der Waals surface area contributed by atoms with Gasteiger partial charge in [-0.05, 0) is 40.5 Å². The van der Waals surface area contributed by atoms with Gasteiger partial charge in [-0.3, -0.25) is 0 Å². The van der Waals surface area contributed by atoms with Gasteiger partial charge >= 0.3 is 0 Å². The monoisotopic (exact) mass is 234 g/mol. The molecule has 2 atom stereocenters. The van der Waals surface area contributed by atoms with Crippen LogP contribution in [0.3, 0.4) is 0 Å². The zero-order valence-electron chi connectivity index (χ0n) is 11.0. The molecule has 1 fully saturated rings. The first-order valence-corrected chi connectivity index (χ1v) is 6.95.